The van der Waals surface area contributed by atoms with E-state index in [0.717, 1.165) is 11.4 Å². The first kappa shape index (κ1) is 19.2. The molecule has 0 fully saturated rings. The van der Waals surface area contributed by atoms with Crippen molar-refractivity contribution in [3.05, 3.63) is 32.1 Å². The molecule has 6 nitrogen and oxygen atoms in total. The van der Waals surface area contributed by atoms with Crippen LogP contribution >= 0.6 is 12.2 Å². The molecule has 136 valence electrons. The van der Waals surface area contributed by atoms with Crippen LogP contribution in [0.15, 0.2) is 21.3 Å². The zero-order valence-corrected chi connectivity index (χ0v) is 16.6. The van der Waals surface area contributed by atoms with E-state index < -0.39 is 0 Å². The Morgan fingerprint density at radius 2 is 1.80 bits per heavy atom. The van der Waals surface area contributed by atoms with Crippen LogP contribution in [0, 0.1) is 10.2 Å². The van der Waals surface area contributed by atoms with Gasteiger partial charge in [0.1, 0.15) is 5.56 Å². The quantitative estimate of drug-likeness (QED) is 0.659. The van der Waals surface area contributed by atoms with Crippen molar-refractivity contribution in [3.8, 4) is 5.88 Å². The molecule has 0 unspecified atom stereocenters. The minimum absolute atomic E-state index is 0.119. The van der Waals surface area contributed by atoms with E-state index in [2.05, 4.69) is 24.7 Å². The number of aromatic nitrogens is 2. The van der Waals surface area contributed by atoms with Crippen molar-refractivity contribution >= 4 is 24.0 Å². The van der Waals surface area contributed by atoms with Crippen LogP contribution < -0.4 is 5.56 Å². The number of nitrogens with zero attached hydrogens (tertiary/aromatic N) is 4. The van der Waals surface area contributed by atoms with Crippen LogP contribution in [0.25, 0.3) is 6.08 Å². The molecule has 0 atom stereocenters. The fourth-order valence-corrected chi connectivity index (χ4v) is 3.30. The maximum atomic E-state index is 12.7. The van der Waals surface area contributed by atoms with Crippen LogP contribution in [-0.2, 0) is 13.1 Å². The lowest BCUT2D eigenvalue weighted by Gasteiger charge is -2.22. The summed E-state index contributed by atoms with van der Waals surface area (Å²) in [7, 11) is 0. The Balaban J connectivity index is 2.75. The fraction of sp³-hybridized carbons (Fsp3) is 0.556. The van der Waals surface area contributed by atoms with Crippen molar-refractivity contribution in [3.63, 3.8) is 0 Å². The summed E-state index contributed by atoms with van der Waals surface area (Å²) in [5, 5.41) is 16.9. The molecular weight excluding hydrogens is 336 g/mol. The van der Waals surface area contributed by atoms with E-state index in [-0.39, 0.29) is 22.4 Å². The van der Waals surface area contributed by atoms with Crippen LogP contribution in [0.1, 0.15) is 47.1 Å². The Morgan fingerprint density at radius 1 is 1.20 bits per heavy atom. The summed E-state index contributed by atoms with van der Waals surface area (Å²) in [6.07, 6.45) is 1.55. The Labute approximate surface area is 153 Å². The SMILES string of the molecule is CCN1N=C(C)C(C)(C)C1=C=Cc1c(O)n(CC)c(=S)n(CC)c1=O. The summed E-state index contributed by atoms with van der Waals surface area (Å²) in [5.74, 6) is -0.119. The van der Waals surface area contributed by atoms with Gasteiger partial charge in [-0.25, -0.2) is 0 Å². The van der Waals surface area contributed by atoms with Gasteiger partial charge in [0.2, 0.25) is 5.88 Å². The first-order valence-electron chi connectivity index (χ1n) is 8.57. The maximum absolute atomic E-state index is 12.7. The Hall–Kier alpha value is -2.11. The summed E-state index contributed by atoms with van der Waals surface area (Å²) < 4.78 is 3.36. The minimum atomic E-state index is -0.306. The summed E-state index contributed by atoms with van der Waals surface area (Å²) in [5.41, 5.74) is 4.69. The molecule has 1 aromatic heterocycles. The largest absolute Gasteiger partial charge is 0.494 e. The normalized spacial score (nSPS) is 16.0. The van der Waals surface area contributed by atoms with Crippen molar-refractivity contribution in [1.82, 2.24) is 14.1 Å². The standard InChI is InChI=1S/C18H26N4O2S/c1-7-20-15(23)13(16(24)21(8-2)17(20)25)10-11-14-18(5,6)12(4)19-22(14)9-3/h10,23H,7-9H2,1-6H3. The molecule has 0 saturated carbocycles. The zero-order chi connectivity index (χ0) is 18.9. The van der Waals surface area contributed by atoms with Crippen molar-refractivity contribution in [2.75, 3.05) is 6.54 Å². The predicted octanol–water partition coefficient (Wildman–Crippen LogP) is 3.36. The second-order valence-corrected chi connectivity index (χ2v) is 6.84. The molecule has 0 radical (unpaired) electrons. The molecule has 7 heteroatoms. The van der Waals surface area contributed by atoms with E-state index in [9.17, 15) is 9.90 Å². The van der Waals surface area contributed by atoms with Crippen LogP contribution in [0.4, 0.5) is 0 Å². The van der Waals surface area contributed by atoms with Gasteiger partial charge in [0.05, 0.1) is 11.1 Å². The van der Waals surface area contributed by atoms with Gasteiger partial charge in [-0.2, -0.15) is 5.10 Å². The monoisotopic (exact) mass is 362 g/mol. The van der Waals surface area contributed by atoms with Gasteiger partial charge in [-0.15, -0.1) is 0 Å². The second kappa shape index (κ2) is 7.02. The molecule has 2 heterocycles. The minimum Gasteiger partial charge on any atom is -0.494 e. The number of hydrazone groups is 1. The van der Waals surface area contributed by atoms with E-state index in [4.69, 9.17) is 12.2 Å². The smallest absolute Gasteiger partial charge is 0.266 e. The molecular formula is C18H26N4O2S. The van der Waals surface area contributed by atoms with Gasteiger partial charge in [-0.05, 0) is 53.8 Å². The Bertz CT molecular complexity index is 899. The van der Waals surface area contributed by atoms with Crippen molar-refractivity contribution in [2.45, 2.75) is 54.6 Å². The number of allylic oxidation sites excluding steroid dienone is 1. The number of hydrogen-bond acceptors (Lipinski definition) is 5. The van der Waals surface area contributed by atoms with Gasteiger partial charge >= 0.3 is 0 Å². The fourth-order valence-electron chi connectivity index (χ4n) is 2.87. The Kier molecular flexibility index (Phi) is 5.40. The van der Waals surface area contributed by atoms with Crippen LogP contribution in [0.3, 0.4) is 0 Å². The van der Waals surface area contributed by atoms with E-state index in [1.165, 1.54) is 4.57 Å². The average Bonchev–Trinajstić information content (AvgIpc) is 2.78. The number of rotatable bonds is 4. The molecule has 0 spiro atoms. The summed E-state index contributed by atoms with van der Waals surface area (Å²) in [4.78, 5) is 12.7. The average molecular weight is 362 g/mol. The molecule has 0 amide bonds. The molecule has 1 aliphatic rings. The van der Waals surface area contributed by atoms with Crippen molar-refractivity contribution in [2.24, 2.45) is 10.5 Å². The van der Waals surface area contributed by atoms with Crippen molar-refractivity contribution < 1.29 is 5.11 Å². The van der Waals surface area contributed by atoms with Crippen LogP contribution in [0.5, 0.6) is 5.88 Å². The number of hydrogen-bond donors (Lipinski definition) is 1. The van der Waals surface area contributed by atoms with E-state index >= 15 is 0 Å². The third kappa shape index (κ3) is 3.10. The lowest BCUT2D eigenvalue weighted by molar-refractivity contribution is 0.361. The molecule has 2 rings (SSSR count). The highest BCUT2D eigenvalue weighted by molar-refractivity contribution is 7.71. The van der Waals surface area contributed by atoms with Gasteiger partial charge < -0.3 is 5.11 Å². The summed E-state index contributed by atoms with van der Waals surface area (Å²) in [6, 6.07) is 0. The first-order chi connectivity index (χ1) is 11.7. The molecule has 25 heavy (non-hydrogen) atoms. The third-order valence-electron chi connectivity index (χ3n) is 4.74. The van der Waals surface area contributed by atoms with E-state index in [1.807, 2.05) is 32.7 Å². The highest BCUT2D eigenvalue weighted by Crippen LogP contribution is 2.36. The van der Waals surface area contributed by atoms with Gasteiger partial charge in [0, 0.05) is 31.4 Å². The molecule has 1 aromatic rings. The highest BCUT2D eigenvalue weighted by Gasteiger charge is 2.36. The van der Waals surface area contributed by atoms with E-state index in [0.29, 0.717) is 24.4 Å². The second-order valence-electron chi connectivity index (χ2n) is 6.48. The van der Waals surface area contributed by atoms with E-state index in [1.54, 1.807) is 10.6 Å². The van der Waals surface area contributed by atoms with Crippen LogP contribution in [0.2, 0.25) is 0 Å². The molecule has 0 aromatic carbocycles. The predicted molar refractivity (Wildman–Crippen MR) is 103 cm³/mol. The third-order valence-corrected chi connectivity index (χ3v) is 5.19. The Morgan fingerprint density at radius 3 is 2.32 bits per heavy atom. The number of aromatic hydroxyl groups is 1. The van der Waals surface area contributed by atoms with Gasteiger partial charge in [-0.1, -0.05) is 5.73 Å². The highest BCUT2D eigenvalue weighted by atomic mass is 32.1. The first-order valence-corrected chi connectivity index (χ1v) is 8.98. The maximum Gasteiger partial charge on any atom is 0.266 e. The summed E-state index contributed by atoms with van der Waals surface area (Å²) >= 11 is 5.31. The summed E-state index contributed by atoms with van der Waals surface area (Å²) in [6.45, 7) is 13.5. The van der Waals surface area contributed by atoms with Gasteiger partial charge in [-0.3, -0.25) is 18.9 Å². The van der Waals surface area contributed by atoms with Crippen molar-refractivity contribution in [1.29, 1.82) is 0 Å². The van der Waals surface area contributed by atoms with Gasteiger partial charge in [0.15, 0.2) is 4.77 Å². The molecule has 0 saturated heterocycles. The molecule has 0 aliphatic carbocycles. The zero-order valence-electron chi connectivity index (χ0n) is 15.8. The molecule has 1 N–H and O–H groups in total. The molecule has 1 aliphatic heterocycles. The van der Waals surface area contributed by atoms with Gasteiger partial charge in [0.25, 0.3) is 5.56 Å². The van der Waals surface area contributed by atoms with Crippen LogP contribution in [-0.4, -0.2) is 31.5 Å². The molecule has 0 bridgehead atoms. The topological polar surface area (TPSA) is 62.8 Å². The lowest BCUT2D eigenvalue weighted by Crippen LogP contribution is -2.26. The lowest BCUT2D eigenvalue weighted by atomic mass is 9.85.